The molecule has 3 aromatic rings. The summed E-state index contributed by atoms with van der Waals surface area (Å²) in [5, 5.41) is 6.51. The number of carbonyl (C=O) groups is 1. The van der Waals surface area contributed by atoms with Crippen molar-refractivity contribution in [3.8, 4) is 10.8 Å². The molecule has 0 N–H and O–H groups in total. The van der Waals surface area contributed by atoms with Crippen molar-refractivity contribution in [1.29, 1.82) is 0 Å². The SMILES string of the molecule is O=C(OCc1ccccc1)N1CCN(c2noc(-c3sccc3Cl)n2)CC1. The van der Waals surface area contributed by atoms with E-state index in [9.17, 15) is 4.79 Å². The van der Waals surface area contributed by atoms with Gasteiger partial charge in [0.1, 0.15) is 11.5 Å². The van der Waals surface area contributed by atoms with Crippen molar-refractivity contribution in [2.45, 2.75) is 6.61 Å². The molecule has 9 heteroatoms. The molecule has 0 unspecified atom stereocenters. The highest BCUT2D eigenvalue weighted by molar-refractivity contribution is 7.14. The van der Waals surface area contributed by atoms with Crippen molar-refractivity contribution in [3.05, 3.63) is 52.4 Å². The number of amides is 1. The van der Waals surface area contributed by atoms with Crippen molar-refractivity contribution in [2.24, 2.45) is 0 Å². The van der Waals surface area contributed by atoms with E-state index in [0.29, 0.717) is 43.0 Å². The lowest BCUT2D eigenvalue weighted by Crippen LogP contribution is -2.49. The van der Waals surface area contributed by atoms with Gasteiger partial charge in [-0.3, -0.25) is 0 Å². The van der Waals surface area contributed by atoms with Crippen molar-refractivity contribution < 1.29 is 14.1 Å². The molecule has 0 radical (unpaired) electrons. The van der Waals surface area contributed by atoms with E-state index in [2.05, 4.69) is 10.1 Å². The summed E-state index contributed by atoms with van der Waals surface area (Å²) in [5.74, 6) is 0.918. The van der Waals surface area contributed by atoms with E-state index < -0.39 is 0 Å². The maximum absolute atomic E-state index is 12.2. The molecule has 0 saturated carbocycles. The second-order valence-corrected chi connectivity index (χ2v) is 7.33. The number of benzene rings is 1. The molecule has 3 heterocycles. The molecule has 1 aliphatic heterocycles. The molecule has 4 rings (SSSR count). The summed E-state index contributed by atoms with van der Waals surface area (Å²) in [6, 6.07) is 11.4. The molecular formula is C18H17ClN4O3S. The van der Waals surface area contributed by atoms with E-state index in [0.717, 1.165) is 10.4 Å². The van der Waals surface area contributed by atoms with Crippen LogP contribution in [0.1, 0.15) is 5.56 Å². The topological polar surface area (TPSA) is 71.7 Å². The van der Waals surface area contributed by atoms with Gasteiger partial charge in [0.05, 0.1) is 5.02 Å². The predicted molar refractivity (Wildman–Crippen MR) is 103 cm³/mol. The second-order valence-electron chi connectivity index (χ2n) is 6.01. The molecule has 1 saturated heterocycles. The summed E-state index contributed by atoms with van der Waals surface area (Å²) >= 11 is 7.56. The zero-order chi connectivity index (χ0) is 18.6. The van der Waals surface area contributed by atoms with E-state index in [1.165, 1.54) is 11.3 Å². The highest BCUT2D eigenvalue weighted by Crippen LogP contribution is 2.32. The van der Waals surface area contributed by atoms with E-state index in [1.54, 1.807) is 11.0 Å². The zero-order valence-corrected chi connectivity index (χ0v) is 15.9. The normalized spacial score (nSPS) is 14.4. The highest BCUT2D eigenvalue weighted by atomic mass is 35.5. The Labute approximate surface area is 165 Å². The number of thiophene rings is 1. The maximum Gasteiger partial charge on any atom is 0.410 e. The number of anilines is 1. The van der Waals surface area contributed by atoms with Gasteiger partial charge in [0.2, 0.25) is 0 Å². The Morgan fingerprint density at radius 2 is 1.96 bits per heavy atom. The molecule has 27 heavy (non-hydrogen) atoms. The maximum atomic E-state index is 12.2. The number of carbonyl (C=O) groups excluding carboxylic acids is 1. The Morgan fingerprint density at radius 3 is 2.67 bits per heavy atom. The van der Waals surface area contributed by atoms with Crippen LogP contribution in [-0.4, -0.2) is 47.3 Å². The fourth-order valence-electron chi connectivity index (χ4n) is 2.78. The third-order valence-electron chi connectivity index (χ3n) is 4.25. The summed E-state index contributed by atoms with van der Waals surface area (Å²) in [7, 11) is 0. The molecule has 1 fully saturated rings. The zero-order valence-electron chi connectivity index (χ0n) is 14.4. The largest absolute Gasteiger partial charge is 0.445 e. The molecule has 0 aliphatic carbocycles. The van der Waals surface area contributed by atoms with Gasteiger partial charge in [-0.15, -0.1) is 11.3 Å². The summed E-state index contributed by atoms with van der Waals surface area (Å²) in [5.41, 5.74) is 0.969. The summed E-state index contributed by atoms with van der Waals surface area (Å²) in [4.78, 5) is 21.1. The van der Waals surface area contributed by atoms with E-state index >= 15 is 0 Å². The Balaban J connectivity index is 1.30. The van der Waals surface area contributed by atoms with Gasteiger partial charge in [0.25, 0.3) is 11.8 Å². The van der Waals surface area contributed by atoms with Crippen LogP contribution in [0.5, 0.6) is 0 Å². The Morgan fingerprint density at radius 1 is 1.19 bits per heavy atom. The van der Waals surface area contributed by atoms with Crippen LogP contribution in [0.4, 0.5) is 10.7 Å². The third kappa shape index (κ3) is 4.06. The van der Waals surface area contributed by atoms with Gasteiger partial charge < -0.3 is 19.1 Å². The van der Waals surface area contributed by atoms with E-state index in [1.807, 2.05) is 40.6 Å². The van der Waals surface area contributed by atoms with Crippen LogP contribution in [-0.2, 0) is 11.3 Å². The minimum absolute atomic E-state index is 0.273. The van der Waals surface area contributed by atoms with Crippen LogP contribution in [0.15, 0.2) is 46.3 Å². The molecule has 0 spiro atoms. The first kappa shape index (κ1) is 17.8. The Bertz CT molecular complexity index is 906. The monoisotopic (exact) mass is 404 g/mol. The lowest BCUT2D eigenvalue weighted by molar-refractivity contribution is 0.0940. The third-order valence-corrected chi connectivity index (χ3v) is 5.58. The van der Waals surface area contributed by atoms with Crippen LogP contribution < -0.4 is 4.90 Å². The van der Waals surface area contributed by atoms with Gasteiger partial charge in [0, 0.05) is 26.2 Å². The van der Waals surface area contributed by atoms with Gasteiger partial charge in [-0.1, -0.05) is 41.9 Å². The standard InChI is InChI=1S/C18H17ClN4O3S/c19-14-6-11-27-15(14)16-20-17(21-26-16)22-7-9-23(10-8-22)18(24)25-12-13-4-2-1-3-5-13/h1-6,11H,7-10,12H2. The number of aromatic nitrogens is 2. The van der Waals surface area contributed by atoms with E-state index in [4.69, 9.17) is 20.9 Å². The molecule has 1 aliphatic rings. The average molecular weight is 405 g/mol. The Hall–Kier alpha value is -2.58. The molecular weight excluding hydrogens is 388 g/mol. The first-order valence-electron chi connectivity index (χ1n) is 8.48. The van der Waals surface area contributed by atoms with Crippen molar-refractivity contribution in [3.63, 3.8) is 0 Å². The lowest BCUT2D eigenvalue weighted by Gasteiger charge is -2.33. The number of rotatable bonds is 4. The molecule has 0 atom stereocenters. The fourth-order valence-corrected chi connectivity index (χ4v) is 3.84. The van der Waals surface area contributed by atoms with Crippen LogP contribution in [0, 0.1) is 0 Å². The quantitative estimate of drug-likeness (QED) is 0.656. The van der Waals surface area contributed by atoms with Crippen molar-refractivity contribution >= 4 is 35.0 Å². The van der Waals surface area contributed by atoms with Crippen LogP contribution in [0.25, 0.3) is 10.8 Å². The molecule has 1 aromatic carbocycles. The Kier molecular flexibility index (Phi) is 5.26. The molecule has 2 aromatic heterocycles. The van der Waals surface area contributed by atoms with Gasteiger partial charge in [-0.05, 0) is 22.2 Å². The van der Waals surface area contributed by atoms with Crippen LogP contribution in [0.2, 0.25) is 5.02 Å². The second kappa shape index (κ2) is 7.98. The number of nitrogens with zero attached hydrogens (tertiary/aromatic N) is 4. The van der Waals surface area contributed by atoms with Crippen molar-refractivity contribution in [2.75, 3.05) is 31.1 Å². The van der Waals surface area contributed by atoms with Crippen LogP contribution >= 0.6 is 22.9 Å². The number of ether oxygens (including phenoxy) is 1. The highest BCUT2D eigenvalue weighted by Gasteiger charge is 2.25. The predicted octanol–water partition coefficient (Wildman–Crippen LogP) is 3.91. The molecule has 1 amide bonds. The number of hydrogen-bond donors (Lipinski definition) is 0. The van der Waals surface area contributed by atoms with Gasteiger partial charge in [-0.2, -0.15) is 4.98 Å². The minimum atomic E-state index is -0.308. The van der Waals surface area contributed by atoms with Crippen LogP contribution in [0.3, 0.4) is 0 Å². The molecule has 140 valence electrons. The number of halogens is 1. The average Bonchev–Trinajstić information content (AvgIpc) is 3.36. The van der Waals surface area contributed by atoms with Crippen molar-refractivity contribution in [1.82, 2.24) is 15.0 Å². The van der Waals surface area contributed by atoms with Gasteiger partial charge in [-0.25, -0.2) is 4.79 Å². The molecule has 0 bridgehead atoms. The summed E-state index contributed by atoms with van der Waals surface area (Å²) in [6.45, 7) is 2.57. The van der Waals surface area contributed by atoms with E-state index in [-0.39, 0.29) is 12.7 Å². The van der Waals surface area contributed by atoms with Gasteiger partial charge >= 0.3 is 6.09 Å². The summed E-state index contributed by atoms with van der Waals surface area (Å²) < 4.78 is 10.7. The number of hydrogen-bond acceptors (Lipinski definition) is 7. The number of piperazine rings is 1. The summed E-state index contributed by atoms with van der Waals surface area (Å²) in [6.07, 6.45) is -0.308. The fraction of sp³-hybridized carbons (Fsp3) is 0.278. The minimum Gasteiger partial charge on any atom is -0.445 e. The smallest absolute Gasteiger partial charge is 0.410 e. The first-order valence-corrected chi connectivity index (χ1v) is 9.74. The van der Waals surface area contributed by atoms with Gasteiger partial charge in [0.15, 0.2) is 0 Å². The first-order chi connectivity index (χ1) is 13.2. The molecule has 7 nitrogen and oxygen atoms in total. The lowest BCUT2D eigenvalue weighted by atomic mass is 10.2.